The lowest BCUT2D eigenvalue weighted by molar-refractivity contribution is -0.119. The molecule has 1 aromatic carbocycles. The van der Waals surface area contributed by atoms with Gasteiger partial charge in [0.05, 0.1) is 0 Å². The highest BCUT2D eigenvalue weighted by atomic mass is 16.3. The minimum absolute atomic E-state index is 0.218. The number of phenols is 1. The van der Waals surface area contributed by atoms with Gasteiger partial charge in [-0.25, -0.2) is 0 Å². The molecule has 0 bridgehead atoms. The molecule has 2 heterocycles. The summed E-state index contributed by atoms with van der Waals surface area (Å²) < 4.78 is 0. The summed E-state index contributed by atoms with van der Waals surface area (Å²) in [4.78, 5) is 19.1. The SMILES string of the molecule is O=CN1CCN(Cc2ccc(O)c3ncccc23)CC1. The summed E-state index contributed by atoms with van der Waals surface area (Å²) in [5, 5.41) is 10.8. The molecule has 1 saturated heterocycles. The Hall–Kier alpha value is -2.14. The number of aromatic hydroxyl groups is 1. The number of fused-ring (bicyclic) bond motifs is 1. The third-order valence-electron chi connectivity index (χ3n) is 3.79. The van der Waals surface area contributed by atoms with Crippen molar-refractivity contribution in [3.05, 3.63) is 36.0 Å². The molecule has 0 radical (unpaired) electrons. The number of phenolic OH excluding ortho intramolecular Hbond substituents is 1. The van der Waals surface area contributed by atoms with Crippen molar-refractivity contribution in [2.45, 2.75) is 6.54 Å². The molecule has 104 valence electrons. The zero-order valence-electron chi connectivity index (χ0n) is 11.2. The second kappa shape index (κ2) is 5.46. The van der Waals surface area contributed by atoms with Crippen LogP contribution in [-0.4, -0.2) is 52.5 Å². The fourth-order valence-electron chi connectivity index (χ4n) is 2.62. The number of amides is 1. The minimum atomic E-state index is 0.218. The maximum absolute atomic E-state index is 10.7. The van der Waals surface area contributed by atoms with Crippen LogP contribution in [0.4, 0.5) is 0 Å². The van der Waals surface area contributed by atoms with Crippen molar-refractivity contribution in [3.8, 4) is 5.75 Å². The maximum Gasteiger partial charge on any atom is 0.209 e. The van der Waals surface area contributed by atoms with Gasteiger partial charge in [-0.3, -0.25) is 14.7 Å². The lowest BCUT2D eigenvalue weighted by atomic mass is 10.1. The Labute approximate surface area is 117 Å². The average Bonchev–Trinajstić information content (AvgIpc) is 2.51. The number of benzene rings is 1. The van der Waals surface area contributed by atoms with E-state index in [0.717, 1.165) is 50.1 Å². The van der Waals surface area contributed by atoms with Gasteiger partial charge in [0.25, 0.3) is 0 Å². The second-order valence-electron chi connectivity index (χ2n) is 5.06. The fourth-order valence-corrected chi connectivity index (χ4v) is 2.62. The zero-order valence-corrected chi connectivity index (χ0v) is 11.2. The lowest BCUT2D eigenvalue weighted by Crippen LogP contribution is -2.45. The topological polar surface area (TPSA) is 56.7 Å². The van der Waals surface area contributed by atoms with Crippen LogP contribution in [0.25, 0.3) is 10.9 Å². The van der Waals surface area contributed by atoms with Gasteiger partial charge in [0.1, 0.15) is 11.3 Å². The van der Waals surface area contributed by atoms with E-state index in [0.29, 0.717) is 5.52 Å². The Bertz CT molecular complexity index is 622. The Morgan fingerprint density at radius 2 is 2.00 bits per heavy atom. The number of rotatable bonds is 3. The van der Waals surface area contributed by atoms with Gasteiger partial charge < -0.3 is 10.0 Å². The van der Waals surface area contributed by atoms with Gasteiger partial charge in [-0.15, -0.1) is 0 Å². The second-order valence-corrected chi connectivity index (χ2v) is 5.06. The van der Waals surface area contributed by atoms with Crippen LogP contribution in [0.2, 0.25) is 0 Å². The lowest BCUT2D eigenvalue weighted by Gasteiger charge is -2.32. The Kier molecular flexibility index (Phi) is 3.52. The molecule has 1 aliphatic heterocycles. The average molecular weight is 271 g/mol. The first kappa shape index (κ1) is 12.9. The number of nitrogens with zero attached hydrogens (tertiary/aromatic N) is 3. The van der Waals surface area contributed by atoms with E-state index >= 15 is 0 Å². The molecule has 1 amide bonds. The highest BCUT2D eigenvalue weighted by Crippen LogP contribution is 2.26. The molecule has 0 atom stereocenters. The van der Waals surface area contributed by atoms with Crippen molar-refractivity contribution in [2.75, 3.05) is 26.2 Å². The number of hydrogen-bond acceptors (Lipinski definition) is 4. The number of carbonyl (C=O) groups excluding carboxylic acids is 1. The van der Waals surface area contributed by atoms with Crippen molar-refractivity contribution in [2.24, 2.45) is 0 Å². The molecule has 0 saturated carbocycles. The van der Waals surface area contributed by atoms with Gasteiger partial charge in [0.15, 0.2) is 0 Å². The van der Waals surface area contributed by atoms with E-state index in [1.165, 1.54) is 0 Å². The van der Waals surface area contributed by atoms with Crippen LogP contribution in [0.5, 0.6) is 5.75 Å². The first-order chi connectivity index (χ1) is 9.78. The molecule has 5 heteroatoms. The molecule has 2 aromatic rings. The maximum atomic E-state index is 10.7. The zero-order chi connectivity index (χ0) is 13.9. The summed E-state index contributed by atoms with van der Waals surface area (Å²) in [6, 6.07) is 7.52. The van der Waals surface area contributed by atoms with Crippen LogP contribution in [0.15, 0.2) is 30.5 Å². The Morgan fingerprint density at radius 3 is 2.75 bits per heavy atom. The molecule has 0 unspecified atom stereocenters. The highest BCUT2D eigenvalue weighted by Gasteiger charge is 2.16. The minimum Gasteiger partial charge on any atom is -0.506 e. The fraction of sp³-hybridized carbons (Fsp3) is 0.333. The van der Waals surface area contributed by atoms with Gasteiger partial charge in [-0.1, -0.05) is 12.1 Å². The molecule has 0 aliphatic carbocycles. The molecule has 20 heavy (non-hydrogen) atoms. The monoisotopic (exact) mass is 271 g/mol. The molecule has 1 aromatic heterocycles. The molecular weight excluding hydrogens is 254 g/mol. The Morgan fingerprint density at radius 1 is 1.20 bits per heavy atom. The molecule has 3 rings (SSSR count). The van der Waals surface area contributed by atoms with E-state index < -0.39 is 0 Å². The first-order valence-corrected chi connectivity index (χ1v) is 6.75. The van der Waals surface area contributed by atoms with Crippen LogP contribution in [-0.2, 0) is 11.3 Å². The Balaban J connectivity index is 1.81. The summed E-state index contributed by atoms with van der Waals surface area (Å²) >= 11 is 0. The van der Waals surface area contributed by atoms with Crippen LogP contribution in [0.3, 0.4) is 0 Å². The van der Waals surface area contributed by atoms with E-state index in [1.54, 1.807) is 17.2 Å². The highest BCUT2D eigenvalue weighted by molar-refractivity contribution is 5.87. The summed E-state index contributed by atoms with van der Waals surface area (Å²) in [6.07, 6.45) is 2.60. The van der Waals surface area contributed by atoms with Crippen molar-refractivity contribution in [1.29, 1.82) is 0 Å². The van der Waals surface area contributed by atoms with Gasteiger partial charge in [0, 0.05) is 44.3 Å². The van der Waals surface area contributed by atoms with E-state index in [1.807, 2.05) is 18.2 Å². The standard InChI is InChI=1S/C15H17N3O2/c19-11-18-8-6-17(7-9-18)10-12-3-4-14(20)15-13(12)2-1-5-16-15/h1-5,11,20H,6-10H2. The quantitative estimate of drug-likeness (QED) is 0.853. The normalized spacial score (nSPS) is 16.5. The van der Waals surface area contributed by atoms with Gasteiger partial charge in [0.2, 0.25) is 6.41 Å². The van der Waals surface area contributed by atoms with Gasteiger partial charge in [-0.05, 0) is 17.7 Å². The van der Waals surface area contributed by atoms with Crippen molar-refractivity contribution < 1.29 is 9.90 Å². The van der Waals surface area contributed by atoms with Crippen LogP contribution < -0.4 is 0 Å². The third kappa shape index (κ3) is 2.44. The number of pyridine rings is 1. The molecule has 5 nitrogen and oxygen atoms in total. The van der Waals surface area contributed by atoms with Gasteiger partial charge in [-0.2, -0.15) is 0 Å². The predicted octanol–water partition coefficient (Wildman–Crippen LogP) is 1.21. The number of piperazine rings is 1. The summed E-state index contributed by atoms with van der Waals surface area (Å²) in [5.74, 6) is 0.218. The summed E-state index contributed by atoms with van der Waals surface area (Å²) in [6.45, 7) is 4.12. The molecule has 1 N–H and O–H groups in total. The summed E-state index contributed by atoms with van der Waals surface area (Å²) in [5.41, 5.74) is 1.81. The van der Waals surface area contributed by atoms with Crippen LogP contribution in [0, 0.1) is 0 Å². The van der Waals surface area contributed by atoms with E-state index in [-0.39, 0.29) is 5.75 Å². The molecule has 0 spiro atoms. The van der Waals surface area contributed by atoms with Crippen LogP contribution in [0.1, 0.15) is 5.56 Å². The third-order valence-corrected chi connectivity index (χ3v) is 3.79. The predicted molar refractivity (Wildman–Crippen MR) is 76.3 cm³/mol. The van der Waals surface area contributed by atoms with Crippen LogP contribution >= 0.6 is 0 Å². The smallest absolute Gasteiger partial charge is 0.209 e. The molecule has 1 fully saturated rings. The number of aromatic nitrogens is 1. The molecular formula is C15H17N3O2. The van der Waals surface area contributed by atoms with E-state index in [2.05, 4.69) is 9.88 Å². The first-order valence-electron chi connectivity index (χ1n) is 6.75. The van der Waals surface area contributed by atoms with E-state index in [4.69, 9.17) is 0 Å². The number of carbonyl (C=O) groups is 1. The van der Waals surface area contributed by atoms with Crippen molar-refractivity contribution in [1.82, 2.24) is 14.8 Å². The van der Waals surface area contributed by atoms with Crippen molar-refractivity contribution in [3.63, 3.8) is 0 Å². The largest absolute Gasteiger partial charge is 0.506 e. The number of hydrogen-bond donors (Lipinski definition) is 1. The van der Waals surface area contributed by atoms with E-state index in [9.17, 15) is 9.90 Å². The molecule has 1 aliphatic rings. The summed E-state index contributed by atoms with van der Waals surface area (Å²) in [7, 11) is 0. The van der Waals surface area contributed by atoms with Gasteiger partial charge >= 0.3 is 0 Å². The van der Waals surface area contributed by atoms with Crippen molar-refractivity contribution >= 4 is 17.3 Å².